The maximum Gasteiger partial charge on any atom is 0.0454 e. The number of nitrogens with zero attached hydrogens (tertiary/aromatic N) is 1. The molecule has 0 radical (unpaired) electrons. The van der Waals surface area contributed by atoms with E-state index in [4.69, 9.17) is 0 Å². The molecule has 1 aliphatic carbocycles. The highest BCUT2D eigenvalue weighted by Gasteiger charge is 2.39. The molecule has 1 heterocycles. The lowest BCUT2D eigenvalue weighted by Gasteiger charge is -2.24. The van der Waals surface area contributed by atoms with Crippen LogP contribution in [0.25, 0.3) is 27.1 Å². The van der Waals surface area contributed by atoms with Crippen LogP contribution in [0.1, 0.15) is 51.3 Å². The van der Waals surface area contributed by atoms with E-state index in [9.17, 15) is 0 Å². The van der Waals surface area contributed by atoms with Crippen molar-refractivity contribution < 1.29 is 0 Å². The average Bonchev–Trinajstić information content (AvgIpc) is 3.21. The minimum atomic E-state index is -0.0612. The topological polar surface area (TPSA) is 3.24 Å². The summed E-state index contributed by atoms with van der Waals surface area (Å²) in [5, 5.41) is 5.34. The molecule has 0 bridgehead atoms. The fraction of sp³-hybridized carbons (Fsp3) is 0.222. The molecule has 1 nitrogen and oxygen atoms in total. The fourth-order valence-corrected chi connectivity index (χ4v) is 6.90. The van der Waals surface area contributed by atoms with Crippen molar-refractivity contribution in [3.05, 3.63) is 131 Å². The number of rotatable bonds is 3. The van der Waals surface area contributed by atoms with E-state index in [1.54, 1.807) is 0 Å². The van der Waals surface area contributed by atoms with Gasteiger partial charge in [-0.1, -0.05) is 119 Å². The summed E-state index contributed by atoms with van der Waals surface area (Å²) in [6.45, 7) is 11.7. The molecule has 0 amide bonds. The molecule has 0 saturated heterocycles. The van der Waals surface area contributed by atoms with Gasteiger partial charge in [-0.2, -0.15) is 0 Å². The highest BCUT2D eigenvalue weighted by molar-refractivity contribution is 5.96. The number of allylic oxidation sites excluding steroid dienone is 8. The van der Waals surface area contributed by atoms with Gasteiger partial charge in [0, 0.05) is 29.3 Å². The molecule has 6 rings (SSSR count). The van der Waals surface area contributed by atoms with E-state index in [2.05, 4.69) is 150 Å². The molecule has 2 aliphatic rings. The summed E-state index contributed by atoms with van der Waals surface area (Å²) < 4.78 is 0. The summed E-state index contributed by atoms with van der Waals surface area (Å²) in [6, 6.07) is 26.6. The minimum Gasteiger partial charge on any atom is -0.347 e. The van der Waals surface area contributed by atoms with E-state index in [0.717, 1.165) is 0 Å². The van der Waals surface area contributed by atoms with Crippen molar-refractivity contribution in [2.75, 3.05) is 11.9 Å². The van der Waals surface area contributed by atoms with Gasteiger partial charge in [0.2, 0.25) is 0 Å². The smallest absolute Gasteiger partial charge is 0.0454 e. The quantitative estimate of drug-likeness (QED) is 0.263. The van der Waals surface area contributed by atoms with Crippen molar-refractivity contribution in [3.63, 3.8) is 0 Å². The maximum absolute atomic E-state index is 2.36. The largest absolute Gasteiger partial charge is 0.347 e. The van der Waals surface area contributed by atoms with Gasteiger partial charge in [0.05, 0.1) is 0 Å². The molecule has 0 aromatic heterocycles. The molecule has 184 valence electrons. The molecule has 37 heavy (non-hydrogen) atoms. The summed E-state index contributed by atoms with van der Waals surface area (Å²) in [5.74, 6) is 0. The van der Waals surface area contributed by atoms with E-state index in [1.807, 2.05) is 0 Å². The van der Waals surface area contributed by atoms with Gasteiger partial charge in [0.25, 0.3) is 0 Å². The lowest BCUT2D eigenvalue weighted by Crippen LogP contribution is -2.22. The fourth-order valence-electron chi connectivity index (χ4n) is 6.90. The van der Waals surface area contributed by atoms with E-state index in [1.165, 1.54) is 60.8 Å². The summed E-state index contributed by atoms with van der Waals surface area (Å²) in [4.78, 5) is 2.35. The van der Waals surface area contributed by atoms with E-state index >= 15 is 0 Å². The van der Waals surface area contributed by atoms with Crippen molar-refractivity contribution in [1.29, 1.82) is 0 Å². The van der Waals surface area contributed by atoms with Gasteiger partial charge in [-0.15, -0.1) is 0 Å². The first kappa shape index (κ1) is 23.6. The van der Waals surface area contributed by atoms with Crippen molar-refractivity contribution in [1.82, 2.24) is 0 Å². The zero-order chi connectivity index (χ0) is 25.9. The van der Waals surface area contributed by atoms with Gasteiger partial charge < -0.3 is 4.90 Å². The Labute approximate surface area is 221 Å². The highest BCUT2D eigenvalue weighted by atomic mass is 15.2. The molecule has 4 aromatic rings. The van der Waals surface area contributed by atoms with Crippen LogP contribution in [0.15, 0.2) is 114 Å². The van der Waals surface area contributed by atoms with E-state index in [0.29, 0.717) is 0 Å². The molecule has 0 unspecified atom stereocenters. The number of fused-ring (bicyclic) bond motifs is 6. The van der Waals surface area contributed by atoms with Gasteiger partial charge in [-0.05, 0) is 68.4 Å². The van der Waals surface area contributed by atoms with Crippen LogP contribution in [0, 0.1) is 0 Å². The number of hydrogen-bond donors (Lipinski definition) is 0. The number of hydrogen-bond acceptors (Lipinski definition) is 1. The first-order chi connectivity index (χ1) is 17.7. The van der Waals surface area contributed by atoms with Crippen LogP contribution in [0.4, 0.5) is 5.69 Å². The molecule has 1 heteroatoms. The highest BCUT2D eigenvalue weighted by Crippen LogP contribution is 2.51. The van der Waals surface area contributed by atoms with Gasteiger partial charge >= 0.3 is 0 Å². The van der Waals surface area contributed by atoms with E-state index in [-0.39, 0.29) is 10.8 Å². The second kappa shape index (κ2) is 8.35. The lowest BCUT2D eigenvalue weighted by molar-refractivity contribution is 0.645. The monoisotopic (exact) mass is 481 g/mol. The van der Waals surface area contributed by atoms with Crippen LogP contribution in [-0.4, -0.2) is 7.05 Å². The van der Waals surface area contributed by atoms with Gasteiger partial charge in [0.1, 0.15) is 0 Å². The summed E-state index contributed by atoms with van der Waals surface area (Å²) in [7, 11) is 2.19. The van der Waals surface area contributed by atoms with Gasteiger partial charge in [-0.3, -0.25) is 0 Å². The Morgan fingerprint density at radius 1 is 0.649 bits per heavy atom. The SMILES string of the molecule is CC1=C(/C=C/C=C/C=C2\N(C)c3ccc4ccccc4c3C2(C)C)C(C)(C)c2c1ccc1ccccc21. The van der Waals surface area contributed by atoms with Crippen molar-refractivity contribution >= 4 is 32.8 Å². The molecule has 0 N–H and O–H groups in total. The first-order valence-corrected chi connectivity index (χ1v) is 13.3. The van der Waals surface area contributed by atoms with Crippen LogP contribution in [0.3, 0.4) is 0 Å². The molecule has 0 spiro atoms. The number of likely N-dealkylation sites (N-methyl/N-ethyl adjacent to an activating group) is 1. The standard InChI is InChI=1S/C36H35N/c1-24-27-22-20-25-14-10-12-16-28(25)33(27)35(2,3)30(24)18-8-7-9-19-32-36(4,5)34-29-17-13-11-15-26(29)21-23-31(34)37(32)6/h7-23H,1-6H3/b9-7+,18-8+,32-19-. The Kier molecular flexibility index (Phi) is 5.31. The Bertz CT molecular complexity index is 1690. The van der Waals surface area contributed by atoms with E-state index < -0.39 is 0 Å². The Morgan fingerprint density at radius 2 is 1.27 bits per heavy atom. The van der Waals surface area contributed by atoms with Crippen LogP contribution < -0.4 is 4.90 Å². The molecular weight excluding hydrogens is 446 g/mol. The third kappa shape index (κ3) is 3.44. The zero-order valence-electron chi connectivity index (χ0n) is 22.8. The van der Waals surface area contributed by atoms with Crippen LogP contribution in [-0.2, 0) is 10.8 Å². The van der Waals surface area contributed by atoms with Crippen LogP contribution in [0.5, 0.6) is 0 Å². The second-order valence-corrected chi connectivity index (χ2v) is 11.5. The zero-order valence-corrected chi connectivity index (χ0v) is 22.8. The van der Waals surface area contributed by atoms with Crippen LogP contribution >= 0.6 is 0 Å². The van der Waals surface area contributed by atoms with Gasteiger partial charge in [-0.25, -0.2) is 0 Å². The number of benzene rings is 4. The molecule has 0 fully saturated rings. The Morgan fingerprint density at radius 3 is 1.97 bits per heavy atom. The van der Waals surface area contributed by atoms with Crippen molar-refractivity contribution in [2.45, 2.75) is 45.4 Å². The first-order valence-electron chi connectivity index (χ1n) is 13.3. The Balaban J connectivity index is 1.30. The third-order valence-electron chi connectivity index (χ3n) is 8.67. The van der Waals surface area contributed by atoms with Crippen molar-refractivity contribution in [3.8, 4) is 0 Å². The summed E-state index contributed by atoms with van der Waals surface area (Å²) >= 11 is 0. The minimum absolute atomic E-state index is 0.0283. The molecular formula is C36H35N. The normalized spacial score (nSPS) is 19.2. The molecule has 0 saturated carbocycles. The third-order valence-corrected chi connectivity index (χ3v) is 8.67. The second-order valence-electron chi connectivity index (χ2n) is 11.5. The van der Waals surface area contributed by atoms with Gasteiger partial charge in [0.15, 0.2) is 0 Å². The maximum atomic E-state index is 2.36. The average molecular weight is 482 g/mol. The number of anilines is 1. The predicted octanol–water partition coefficient (Wildman–Crippen LogP) is 9.48. The lowest BCUT2D eigenvalue weighted by atomic mass is 9.79. The summed E-state index contributed by atoms with van der Waals surface area (Å²) in [6.07, 6.45) is 11.2. The molecule has 4 aromatic carbocycles. The van der Waals surface area contributed by atoms with Crippen LogP contribution in [0.2, 0.25) is 0 Å². The Hall–Kier alpha value is -3.84. The van der Waals surface area contributed by atoms with Crippen molar-refractivity contribution in [2.24, 2.45) is 0 Å². The summed E-state index contributed by atoms with van der Waals surface area (Å²) in [5.41, 5.74) is 9.56. The molecule has 1 aliphatic heterocycles. The predicted molar refractivity (Wildman–Crippen MR) is 161 cm³/mol. The molecule has 0 atom stereocenters.